The van der Waals surface area contributed by atoms with Crippen molar-refractivity contribution in [2.75, 3.05) is 0 Å². The number of benzene rings is 2. The van der Waals surface area contributed by atoms with Gasteiger partial charge in [-0.1, -0.05) is 35.5 Å². The monoisotopic (exact) mass is 248 g/mol. The Bertz CT molecular complexity index is 525. The lowest BCUT2D eigenvalue weighted by Gasteiger charge is -2.08. The number of rotatable bonds is 3. The summed E-state index contributed by atoms with van der Waals surface area (Å²) < 4.78 is 13.1. The first kappa shape index (κ1) is 12.1. The molecule has 0 spiro atoms. The molecular weight excluding hydrogens is 235 g/mol. The average Bonchev–Trinajstić information content (AvgIpc) is 2.31. The molecule has 0 aromatic heterocycles. The Morgan fingerprint density at radius 3 is 2.71 bits per heavy atom. The van der Waals surface area contributed by atoms with Crippen molar-refractivity contribution in [3.05, 3.63) is 59.4 Å². The van der Waals surface area contributed by atoms with Crippen molar-refractivity contribution in [1.29, 1.82) is 0 Å². The summed E-state index contributed by atoms with van der Waals surface area (Å²) in [5.41, 5.74) is 1.98. The molecule has 2 aromatic rings. The maximum atomic E-state index is 13.1. The summed E-state index contributed by atoms with van der Waals surface area (Å²) in [7, 11) is 0. The highest BCUT2D eigenvalue weighted by Crippen LogP contribution is 2.31. The van der Waals surface area contributed by atoms with Gasteiger partial charge in [0, 0.05) is 9.79 Å². The summed E-state index contributed by atoms with van der Waals surface area (Å²) in [5, 5.41) is 9.29. The predicted octanol–water partition coefficient (Wildman–Crippen LogP) is 3.78. The minimum atomic E-state index is -0.243. The summed E-state index contributed by atoms with van der Waals surface area (Å²) in [4.78, 5) is 1.80. The smallest absolute Gasteiger partial charge is 0.124 e. The van der Waals surface area contributed by atoms with E-state index in [0.29, 0.717) is 0 Å². The number of halogens is 1. The second kappa shape index (κ2) is 5.34. The first-order valence-electron chi connectivity index (χ1n) is 5.33. The van der Waals surface area contributed by atoms with Crippen molar-refractivity contribution in [3.63, 3.8) is 0 Å². The van der Waals surface area contributed by atoms with E-state index in [-0.39, 0.29) is 12.4 Å². The number of aryl methyl sites for hydroxylation is 1. The molecule has 2 rings (SSSR count). The molecule has 0 atom stereocenters. The number of aliphatic hydroxyl groups excluding tert-OH is 1. The van der Waals surface area contributed by atoms with Crippen molar-refractivity contribution >= 4 is 11.8 Å². The molecule has 0 amide bonds. The first-order chi connectivity index (χ1) is 8.19. The molecule has 0 saturated carbocycles. The maximum absolute atomic E-state index is 13.1. The van der Waals surface area contributed by atoms with Gasteiger partial charge in [0.1, 0.15) is 5.82 Å². The van der Waals surface area contributed by atoms with Gasteiger partial charge in [0.2, 0.25) is 0 Å². The fourth-order valence-corrected chi connectivity index (χ4v) is 2.55. The number of aliphatic hydroxyl groups is 1. The Morgan fingerprint density at radius 1 is 1.18 bits per heavy atom. The van der Waals surface area contributed by atoms with Crippen molar-refractivity contribution in [1.82, 2.24) is 0 Å². The molecule has 17 heavy (non-hydrogen) atoms. The van der Waals surface area contributed by atoms with Gasteiger partial charge in [-0.25, -0.2) is 4.39 Å². The summed E-state index contributed by atoms with van der Waals surface area (Å²) in [5.74, 6) is -0.243. The first-order valence-corrected chi connectivity index (χ1v) is 6.14. The van der Waals surface area contributed by atoms with Crippen molar-refractivity contribution in [3.8, 4) is 0 Å². The second-order valence-electron chi connectivity index (χ2n) is 3.83. The highest BCUT2D eigenvalue weighted by Gasteiger charge is 2.04. The molecule has 0 radical (unpaired) electrons. The Morgan fingerprint density at radius 2 is 2.00 bits per heavy atom. The fourth-order valence-electron chi connectivity index (χ4n) is 1.59. The molecule has 0 fully saturated rings. The zero-order valence-corrected chi connectivity index (χ0v) is 10.3. The second-order valence-corrected chi connectivity index (χ2v) is 4.94. The number of hydrogen-bond acceptors (Lipinski definition) is 2. The molecule has 1 nitrogen and oxygen atoms in total. The zero-order chi connectivity index (χ0) is 12.3. The van der Waals surface area contributed by atoms with Crippen LogP contribution in [0.2, 0.25) is 0 Å². The molecule has 0 unspecified atom stereocenters. The molecule has 0 heterocycles. The molecule has 2 aromatic carbocycles. The SMILES string of the molecule is Cc1ccc(Sc2cccc(F)c2)c(CO)c1. The van der Waals surface area contributed by atoms with Crippen LogP contribution < -0.4 is 0 Å². The summed E-state index contributed by atoms with van der Waals surface area (Å²) in [6, 6.07) is 12.3. The van der Waals surface area contributed by atoms with Crippen molar-refractivity contribution in [2.45, 2.75) is 23.3 Å². The van der Waals surface area contributed by atoms with Gasteiger partial charge < -0.3 is 5.11 Å². The van der Waals surface area contributed by atoms with E-state index in [1.54, 1.807) is 6.07 Å². The minimum Gasteiger partial charge on any atom is -0.392 e. The standard InChI is InChI=1S/C14H13FOS/c1-10-5-6-14(11(7-10)9-16)17-13-4-2-3-12(15)8-13/h2-8,16H,9H2,1H3. The van der Waals surface area contributed by atoms with Gasteiger partial charge in [0.25, 0.3) is 0 Å². The van der Waals surface area contributed by atoms with Crippen LogP contribution in [0.25, 0.3) is 0 Å². The summed E-state index contributed by atoms with van der Waals surface area (Å²) in [6.07, 6.45) is 0. The van der Waals surface area contributed by atoms with Crippen molar-refractivity contribution < 1.29 is 9.50 Å². The van der Waals surface area contributed by atoms with Crippen LogP contribution in [-0.2, 0) is 6.61 Å². The van der Waals surface area contributed by atoms with Crippen LogP contribution in [0.5, 0.6) is 0 Å². The molecule has 88 valence electrons. The van der Waals surface area contributed by atoms with Gasteiger partial charge in [-0.3, -0.25) is 0 Å². The Labute approximate surface area is 104 Å². The molecule has 0 aliphatic heterocycles. The molecule has 0 aliphatic carbocycles. The minimum absolute atomic E-state index is 0.000666. The lowest BCUT2D eigenvalue weighted by molar-refractivity contribution is 0.279. The molecular formula is C14H13FOS. The van der Waals surface area contributed by atoms with E-state index in [1.807, 2.05) is 31.2 Å². The lowest BCUT2D eigenvalue weighted by Crippen LogP contribution is -1.89. The fraction of sp³-hybridized carbons (Fsp3) is 0.143. The van der Waals surface area contributed by atoms with Crippen LogP contribution in [-0.4, -0.2) is 5.11 Å². The van der Waals surface area contributed by atoms with Crippen LogP contribution in [0.3, 0.4) is 0 Å². The quantitative estimate of drug-likeness (QED) is 0.892. The van der Waals surface area contributed by atoms with Crippen LogP contribution >= 0.6 is 11.8 Å². The molecule has 0 aliphatic rings. The Hall–Kier alpha value is -1.32. The van der Waals surface area contributed by atoms with Gasteiger partial charge in [-0.2, -0.15) is 0 Å². The average molecular weight is 248 g/mol. The van der Waals surface area contributed by atoms with E-state index in [4.69, 9.17) is 0 Å². The van der Waals surface area contributed by atoms with Gasteiger partial charge >= 0.3 is 0 Å². The van der Waals surface area contributed by atoms with Crippen LogP contribution in [0.4, 0.5) is 4.39 Å². The van der Waals surface area contributed by atoms with Gasteiger partial charge in [-0.15, -0.1) is 0 Å². The third-order valence-corrected chi connectivity index (χ3v) is 3.52. The highest BCUT2D eigenvalue weighted by molar-refractivity contribution is 7.99. The van der Waals surface area contributed by atoms with Crippen LogP contribution in [0.15, 0.2) is 52.3 Å². The Balaban J connectivity index is 2.29. The van der Waals surface area contributed by atoms with Gasteiger partial charge in [0.05, 0.1) is 6.61 Å². The van der Waals surface area contributed by atoms with Crippen molar-refractivity contribution in [2.24, 2.45) is 0 Å². The Kier molecular flexibility index (Phi) is 3.82. The van der Waals surface area contributed by atoms with E-state index in [1.165, 1.54) is 23.9 Å². The lowest BCUT2D eigenvalue weighted by atomic mass is 10.1. The normalized spacial score (nSPS) is 10.5. The highest BCUT2D eigenvalue weighted by atomic mass is 32.2. The topological polar surface area (TPSA) is 20.2 Å². The molecule has 1 N–H and O–H groups in total. The maximum Gasteiger partial charge on any atom is 0.124 e. The third-order valence-electron chi connectivity index (χ3n) is 2.41. The zero-order valence-electron chi connectivity index (χ0n) is 9.48. The van der Waals surface area contributed by atoms with Gasteiger partial charge in [-0.05, 0) is 36.8 Å². The summed E-state index contributed by atoms with van der Waals surface area (Å²) >= 11 is 1.46. The third kappa shape index (κ3) is 3.08. The summed E-state index contributed by atoms with van der Waals surface area (Å²) in [6.45, 7) is 1.98. The van der Waals surface area contributed by atoms with E-state index in [2.05, 4.69) is 0 Å². The molecule has 3 heteroatoms. The van der Waals surface area contributed by atoms with Crippen LogP contribution in [0.1, 0.15) is 11.1 Å². The van der Waals surface area contributed by atoms with Crippen LogP contribution in [0, 0.1) is 12.7 Å². The van der Waals surface area contributed by atoms with E-state index in [9.17, 15) is 9.50 Å². The number of hydrogen-bond donors (Lipinski definition) is 1. The molecule has 0 bridgehead atoms. The molecule has 0 saturated heterocycles. The van der Waals surface area contributed by atoms with E-state index < -0.39 is 0 Å². The van der Waals surface area contributed by atoms with Gasteiger partial charge in [0.15, 0.2) is 0 Å². The van der Waals surface area contributed by atoms with E-state index in [0.717, 1.165) is 20.9 Å². The van der Waals surface area contributed by atoms with E-state index >= 15 is 0 Å². The predicted molar refractivity (Wildman–Crippen MR) is 67.6 cm³/mol. The largest absolute Gasteiger partial charge is 0.392 e.